The van der Waals surface area contributed by atoms with E-state index in [0.717, 1.165) is 25.2 Å². The molecule has 0 radical (unpaired) electrons. The van der Waals surface area contributed by atoms with E-state index >= 15 is 0 Å². The summed E-state index contributed by atoms with van der Waals surface area (Å²) in [7, 11) is 0. The van der Waals surface area contributed by atoms with Crippen LogP contribution in [0.25, 0.3) is 5.57 Å². The van der Waals surface area contributed by atoms with E-state index in [1.54, 1.807) is 0 Å². The van der Waals surface area contributed by atoms with Gasteiger partial charge in [0.05, 0.1) is 0 Å². The molecule has 1 aliphatic rings. The summed E-state index contributed by atoms with van der Waals surface area (Å²) in [5.41, 5.74) is 12.3. The second-order valence-corrected chi connectivity index (χ2v) is 6.48. The van der Waals surface area contributed by atoms with Gasteiger partial charge < -0.3 is 11.1 Å². The summed E-state index contributed by atoms with van der Waals surface area (Å²) in [5.74, 6) is 0.960. The highest BCUT2D eigenvalue weighted by molar-refractivity contribution is 5.88. The molecule has 0 spiro atoms. The molecule has 4 nitrogen and oxygen atoms in total. The maximum atomic E-state index is 6.04. The van der Waals surface area contributed by atoms with Crippen LogP contribution in [0, 0.1) is 0 Å². The summed E-state index contributed by atoms with van der Waals surface area (Å²) < 4.78 is 0. The van der Waals surface area contributed by atoms with Crippen LogP contribution in [0.2, 0.25) is 0 Å². The zero-order valence-electron chi connectivity index (χ0n) is 14.2. The second kappa shape index (κ2) is 6.20. The van der Waals surface area contributed by atoms with Crippen LogP contribution in [-0.2, 0) is 11.8 Å². The van der Waals surface area contributed by atoms with Gasteiger partial charge in [-0.1, -0.05) is 51.1 Å². The molecule has 0 amide bonds. The topological polar surface area (TPSA) is 66.7 Å². The van der Waals surface area contributed by atoms with Gasteiger partial charge in [0.2, 0.25) is 0 Å². The number of anilines is 1. The van der Waals surface area contributed by atoms with Gasteiger partial charge in [-0.05, 0) is 29.5 Å². The number of nitrogens with zero attached hydrogens (tertiary/aromatic N) is 1. The summed E-state index contributed by atoms with van der Waals surface area (Å²) in [6.45, 7) is 8.06. The van der Waals surface area contributed by atoms with Crippen molar-refractivity contribution in [3.63, 3.8) is 0 Å². The molecule has 2 aromatic rings. The average molecular weight is 310 g/mol. The van der Waals surface area contributed by atoms with Crippen LogP contribution >= 0.6 is 0 Å². The fraction of sp³-hybridized carbons (Fsp3) is 0.421. The van der Waals surface area contributed by atoms with E-state index in [9.17, 15) is 0 Å². The van der Waals surface area contributed by atoms with Crippen molar-refractivity contribution in [2.24, 2.45) is 5.73 Å². The SMILES string of the molecule is CCc1[nH]nc2c1C(c1cccc(C(C)(CC)CN)c1)=CCN2. The van der Waals surface area contributed by atoms with Crippen molar-refractivity contribution >= 4 is 11.4 Å². The highest BCUT2D eigenvalue weighted by Crippen LogP contribution is 2.36. The van der Waals surface area contributed by atoms with E-state index in [1.807, 2.05) is 0 Å². The number of hydrogen-bond donors (Lipinski definition) is 3. The van der Waals surface area contributed by atoms with Gasteiger partial charge in [-0.15, -0.1) is 0 Å². The first-order chi connectivity index (χ1) is 11.1. The molecule has 0 saturated carbocycles. The van der Waals surface area contributed by atoms with Crippen molar-refractivity contribution in [3.05, 3.63) is 52.7 Å². The summed E-state index contributed by atoms with van der Waals surface area (Å²) in [5, 5.41) is 10.9. The zero-order valence-corrected chi connectivity index (χ0v) is 14.2. The quantitative estimate of drug-likeness (QED) is 0.792. The van der Waals surface area contributed by atoms with E-state index in [1.165, 1.54) is 28.0 Å². The largest absolute Gasteiger partial charge is 0.365 e. The van der Waals surface area contributed by atoms with Crippen molar-refractivity contribution in [1.29, 1.82) is 0 Å². The number of benzene rings is 1. The third kappa shape index (κ3) is 2.68. The molecule has 0 saturated heterocycles. The fourth-order valence-electron chi connectivity index (χ4n) is 3.19. The Kier molecular flexibility index (Phi) is 4.26. The van der Waals surface area contributed by atoms with Crippen molar-refractivity contribution < 1.29 is 0 Å². The van der Waals surface area contributed by atoms with Crippen molar-refractivity contribution in [3.8, 4) is 0 Å². The lowest BCUT2D eigenvalue weighted by atomic mass is 9.79. The van der Waals surface area contributed by atoms with Crippen LogP contribution in [0.4, 0.5) is 5.82 Å². The van der Waals surface area contributed by atoms with Gasteiger partial charge in [0.25, 0.3) is 0 Å². The second-order valence-electron chi connectivity index (χ2n) is 6.48. The highest BCUT2D eigenvalue weighted by Gasteiger charge is 2.25. The Bertz CT molecular complexity index is 723. The van der Waals surface area contributed by atoms with Crippen molar-refractivity contribution in [2.45, 2.75) is 39.0 Å². The standard InChI is InChI=1S/C19H26N4/c1-4-16-17-15(9-10-21-18(17)23-22-16)13-7-6-8-14(11-13)19(3,5-2)12-20/h6-9,11H,4-5,10,12,20H2,1-3H3,(H2,21,22,23). The number of aromatic nitrogens is 2. The Morgan fingerprint density at radius 2 is 2.13 bits per heavy atom. The van der Waals surface area contributed by atoms with E-state index in [-0.39, 0.29) is 5.41 Å². The third-order valence-corrected chi connectivity index (χ3v) is 5.14. The van der Waals surface area contributed by atoms with E-state index in [2.05, 4.69) is 66.6 Å². The number of aromatic amines is 1. The van der Waals surface area contributed by atoms with E-state index < -0.39 is 0 Å². The number of hydrogen-bond acceptors (Lipinski definition) is 3. The Labute approximate surface area is 138 Å². The molecule has 3 rings (SSSR count). The molecule has 0 aliphatic carbocycles. The van der Waals surface area contributed by atoms with Crippen LogP contribution in [0.15, 0.2) is 30.3 Å². The Balaban J connectivity index is 2.07. The van der Waals surface area contributed by atoms with Crippen LogP contribution in [-0.4, -0.2) is 23.3 Å². The summed E-state index contributed by atoms with van der Waals surface area (Å²) in [4.78, 5) is 0. The molecule has 4 N–H and O–H groups in total. The average Bonchev–Trinajstić information content (AvgIpc) is 3.04. The van der Waals surface area contributed by atoms with Gasteiger partial charge in [-0.3, -0.25) is 5.10 Å². The number of nitrogens with one attached hydrogen (secondary N) is 2. The van der Waals surface area contributed by atoms with Gasteiger partial charge in [0.1, 0.15) is 0 Å². The summed E-state index contributed by atoms with van der Waals surface area (Å²) >= 11 is 0. The third-order valence-electron chi connectivity index (χ3n) is 5.14. The molecule has 2 heterocycles. The summed E-state index contributed by atoms with van der Waals surface area (Å²) in [6, 6.07) is 8.81. The minimum Gasteiger partial charge on any atom is -0.365 e. The predicted molar refractivity (Wildman–Crippen MR) is 96.7 cm³/mol. The van der Waals surface area contributed by atoms with Crippen LogP contribution < -0.4 is 11.1 Å². The molecule has 1 atom stereocenters. The molecule has 1 aliphatic heterocycles. The van der Waals surface area contributed by atoms with Gasteiger partial charge in [-0.25, -0.2) is 0 Å². The summed E-state index contributed by atoms with van der Waals surface area (Å²) in [6.07, 6.45) is 4.23. The molecular weight excluding hydrogens is 284 g/mol. The smallest absolute Gasteiger partial charge is 0.156 e. The lowest BCUT2D eigenvalue weighted by molar-refractivity contribution is 0.467. The minimum absolute atomic E-state index is 0.0241. The normalized spacial score (nSPS) is 16.3. The van der Waals surface area contributed by atoms with Crippen molar-refractivity contribution in [2.75, 3.05) is 18.4 Å². The predicted octanol–water partition coefficient (Wildman–Crippen LogP) is 3.46. The van der Waals surface area contributed by atoms with E-state index in [0.29, 0.717) is 6.54 Å². The Morgan fingerprint density at radius 1 is 1.30 bits per heavy atom. The minimum atomic E-state index is 0.0241. The first-order valence-corrected chi connectivity index (χ1v) is 8.45. The van der Waals surface area contributed by atoms with Crippen LogP contribution in [0.5, 0.6) is 0 Å². The fourth-order valence-corrected chi connectivity index (χ4v) is 3.19. The number of aryl methyl sites for hydroxylation is 1. The van der Waals surface area contributed by atoms with Crippen LogP contribution in [0.1, 0.15) is 49.6 Å². The maximum Gasteiger partial charge on any atom is 0.156 e. The molecule has 1 unspecified atom stereocenters. The van der Waals surface area contributed by atoms with Crippen molar-refractivity contribution in [1.82, 2.24) is 10.2 Å². The molecule has 0 bridgehead atoms. The number of rotatable bonds is 5. The highest BCUT2D eigenvalue weighted by atomic mass is 15.2. The van der Waals surface area contributed by atoms with Gasteiger partial charge in [0.15, 0.2) is 5.82 Å². The molecular formula is C19H26N4. The number of nitrogens with two attached hydrogens (primary N) is 1. The molecule has 23 heavy (non-hydrogen) atoms. The van der Waals surface area contributed by atoms with Gasteiger partial charge in [0, 0.05) is 29.8 Å². The first-order valence-electron chi connectivity index (χ1n) is 8.45. The molecule has 122 valence electrons. The maximum absolute atomic E-state index is 6.04. The molecule has 0 fully saturated rings. The Morgan fingerprint density at radius 3 is 2.83 bits per heavy atom. The lowest BCUT2D eigenvalue weighted by Gasteiger charge is -2.28. The molecule has 1 aromatic carbocycles. The first kappa shape index (κ1) is 15.8. The zero-order chi connectivity index (χ0) is 16.4. The van der Waals surface area contributed by atoms with Crippen LogP contribution in [0.3, 0.4) is 0 Å². The van der Waals surface area contributed by atoms with E-state index in [4.69, 9.17) is 5.73 Å². The number of fused-ring (bicyclic) bond motifs is 1. The van der Waals surface area contributed by atoms with Gasteiger partial charge in [-0.2, -0.15) is 5.10 Å². The lowest BCUT2D eigenvalue weighted by Crippen LogP contribution is -2.31. The Hall–Kier alpha value is -2.07. The molecule has 1 aromatic heterocycles. The monoisotopic (exact) mass is 310 g/mol. The molecule has 4 heteroatoms. The van der Waals surface area contributed by atoms with Gasteiger partial charge >= 0.3 is 0 Å². The number of H-pyrrole nitrogens is 1.